The first-order valence-corrected chi connectivity index (χ1v) is 6.16. The Hall–Kier alpha value is -0.640. The van der Waals surface area contributed by atoms with Gasteiger partial charge >= 0.3 is 0 Å². The summed E-state index contributed by atoms with van der Waals surface area (Å²) in [5.74, 6) is 2.32. The zero-order valence-electron chi connectivity index (χ0n) is 8.79. The molecule has 0 aliphatic carbocycles. The molecule has 0 spiro atoms. The molecule has 0 saturated carbocycles. The molecule has 14 heavy (non-hydrogen) atoms. The molecule has 1 aliphatic rings. The van der Waals surface area contributed by atoms with E-state index in [0.717, 1.165) is 23.4 Å². The molecule has 1 unspecified atom stereocenters. The van der Waals surface area contributed by atoms with Gasteiger partial charge in [-0.15, -0.1) is 0 Å². The lowest BCUT2D eigenvalue weighted by atomic mass is 10.2. The van der Waals surface area contributed by atoms with Crippen molar-refractivity contribution in [3.8, 4) is 0 Å². The van der Waals surface area contributed by atoms with Crippen LogP contribution < -0.4 is 5.32 Å². The fourth-order valence-corrected chi connectivity index (χ4v) is 2.99. The van der Waals surface area contributed by atoms with Crippen LogP contribution in [0.1, 0.15) is 18.5 Å². The highest BCUT2D eigenvalue weighted by Crippen LogP contribution is 2.26. The first kappa shape index (κ1) is 9.90. The number of nitrogens with one attached hydrogen (secondary N) is 1. The predicted molar refractivity (Wildman–Crippen MR) is 61.9 cm³/mol. The second-order valence-electron chi connectivity index (χ2n) is 3.83. The van der Waals surface area contributed by atoms with Gasteiger partial charge in [0, 0.05) is 25.0 Å². The maximum atomic E-state index is 4.41. The monoisotopic (exact) mass is 211 g/mol. The number of aryl methyl sites for hydroxylation is 2. The Balaban J connectivity index is 1.87. The summed E-state index contributed by atoms with van der Waals surface area (Å²) in [4.78, 5) is 4.41. The molecule has 2 rings (SSSR count). The largest absolute Gasteiger partial charge is 0.355 e. The number of anilines is 1. The minimum atomic E-state index is 0.784. The summed E-state index contributed by atoms with van der Waals surface area (Å²) in [5, 5.41) is 4.19. The average Bonchev–Trinajstić information content (AvgIpc) is 2.72. The van der Waals surface area contributed by atoms with Gasteiger partial charge in [-0.1, -0.05) is 0 Å². The quantitative estimate of drug-likeness (QED) is 0.829. The predicted octanol–water partition coefficient (Wildman–Crippen LogP) is 2.04. The summed E-state index contributed by atoms with van der Waals surface area (Å²) >= 11 is 2.07. The summed E-state index contributed by atoms with van der Waals surface area (Å²) in [6.07, 6.45) is 4.77. The van der Waals surface area contributed by atoms with Crippen molar-refractivity contribution >= 4 is 17.7 Å². The SMILES string of the molecule is Cc1cn(C)c(NCC2CCCS2)n1. The van der Waals surface area contributed by atoms with Gasteiger partial charge in [-0.05, 0) is 25.5 Å². The van der Waals surface area contributed by atoms with Crippen molar-refractivity contribution in [3.63, 3.8) is 0 Å². The highest BCUT2D eigenvalue weighted by atomic mass is 32.2. The van der Waals surface area contributed by atoms with E-state index in [-0.39, 0.29) is 0 Å². The maximum absolute atomic E-state index is 4.41. The number of hydrogen-bond donors (Lipinski definition) is 1. The standard InChI is InChI=1S/C10H17N3S/c1-8-7-13(2)10(12-8)11-6-9-4-3-5-14-9/h7,9H,3-6H2,1-2H3,(H,11,12). The summed E-state index contributed by atoms with van der Waals surface area (Å²) in [6.45, 7) is 3.07. The first-order chi connectivity index (χ1) is 6.75. The Bertz CT molecular complexity index is 302. The van der Waals surface area contributed by atoms with Crippen LogP contribution in [0.5, 0.6) is 0 Å². The van der Waals surface area contributed by atoms with Crippen molar-refractivity contribution in [2.75, 3.05) is 17.6 Å². The van der Waals surface area contributed by atoms with E-state index < -0.39 is 0 Å². The van der Waals surface area contributed by atoms with Crippen LogP contribution >= 0.6 is 11.8 Å². The van der Waals surface area contributed by atoms with Crippen LogP contribution in [0.25, 0.3) is 0 Å². The van der Waals surface area contributed by atoms with Gasteiger partial charge in [0.15, 0.2) is 0 Å². The van der Waals surface area contributed by atoms with Gasteiger partial charge in [0.1, 0.15) is 0 Å². The lowest BCUT2D eigenvalue weighted by molar-refractivity contribution is 0.792. The fourth-order valence-electron chi connectivity index (χ4n) is 1.79. The van der Waals surface area contributed by atoms with Crippen LogP contribution in [0, 0.1) is 6.92 Å². The molecule has 0 radical (unpaired) electrons. The zero-order chi connectivity index (χ0) is 9.97. The van der Waals surface area contributed by atoms with Gasteiger partial charge < -0.3 is 9.88 Å². The number of thioether (sulfide) groups is 1. The van der Waals surface area contributed by atoms with Crippen molar-refractivity contribution in [1.29, 1.82) is 0 Å². The smallest absolute Gasteiger partial charge is 0.202 e. The van der Waals surface area contributed by atoms with Gasteiger partial charge in [0.05, 0.1) is 5.69 Å². The summed E-state index contributed by atoms with van der Waals surface area (Å²) in [5.41, 5.74) is 1.08. The molecule has 1 aromatic heterocycles. The van der Waals surface area contributed by atoms with E-state index in [4.69, 9.17) is 0 Å². The van der Waals surface area contributed by atoms with Crippen molar-refractivity contribution in [3.05, 3.63) is 11.9 Å². The fraction of sp³-hybridized carbons (Fsp3) is 0.700. The van der Waals surface area contributed by atoms with Crippen LogP contribution in [-0.2, 0) is 7.05 Å². The highest BCUT2D eigenvalue weighted by molar-refractivity contribution is 8.00. The highest BCUT2D eigenvalue weighted by Gasteiger charge is 2.15. The molecule has 1 aliphatic heterocycles. The molecule has 4 heteroatoms. The van der Waals surface area contributed by atoms with Gasteiger partial charge in [0.25, 0.3) is 0 Å². The van der Waals surface area contributed by atoms with Crippen molar-refractivity contribution < 1.29 is 0 Å². The summed E-state index contributed by atoms with van der Waals surface area (Å²) in [6, 6.07) is 0. The number of hydrogen-bond acceptors (Lipinski definition) is 3. The normalized spacial score (nSPS) is 21.4. The van der Waals surface area contributed by atoms with Crippen LogP contribution in [0.4, 0.5) is 5.95 Å². The number of imidazole rings is 1. The third-order valence-electron chi connectivity index (χ3n) is 2.51. The molecule has 1 fully saturated rings. The van der Waals surface area contributed by atoms with Crippen LogP contribution in [0.3, 0.4) is 0 Å². The topological polar surface area (TPSA) is 29.9 Å². The molecular weight excluding hydrogens is 194 g/mol. The van der Waals surface area contributed by atoms with E-state index in [0.29, 0.717) is 0 Å². The molecule has 1 saturated heterocycles. The Kier molecular flexibility index (Phi) is 3.01. The Morgan fingerprint density at radius 2 is 2.57 bits per heavy atom. The van der Waals surface area contributed by atoms with Crippen LogP contribution in [0.15, 0.2) is 6.20 Å². The van der Waals surface area contributed by atoms with E-state index in [9.17, 15) is 0 Å². The third-order valence-corrected chi connectivity index (χ3v) is 3.91. The third kappa shape index (κ3) is 2.23. The molecule has 1 N–H and O–H groups in total. The van der Waals surface area contributed by atoms with E-state index in [1.54, 1.807) is 0 Å². The van der Waals surface area contributed by atoms with Crippen LogP contribution in [0.2, 0.25) is 0 Å². The molecule has 2 heterocycles. The Morgan fingerprint density at radius 1 is 1.71 bits per heavy atom. The summed E-state index contributed by atoms with van der Waals surface area (Å²) < 4.78 is 2.05. The minimum absolute atomic E-state index is 0.784. The van der Waals surface area contributed by atoms with E-state index in [1.165, 1.54) is 18.6 Å². The average molecular weight is 211 g/mol. The second kappa shape index (κ2) is 4.26. The van der Waals surface area contributed by atoms with Gasteiger partial charge in [-0.2, -0.15) is 11.8 Å². The zero-order valence-corrected chi connectivity index (χ0v) is 9.60. The molecule has 0 aromatic carbocycles. The van der Waals surface area contributed by atoms with Gasteiger partial charge in [-0.25, -0.2) is 4.98 Å². The molecule has 0 amide bonds. The first-order valence-electron chi connectivity index (χ1n) is 5.11. The second-order valence-corrected chi connectivity index (χ2v) is 5.24. The molecule has 78 valence electrons. The van der Waals surface area contributed by atoms with E-state index in [2.05, 4.69) is 26.6 Å². The lowest BCUT2D eigenvalue weighted by Gasteiger charge is -2.10. The van der Waals surface area contributed by atoms with Crippen molar-refractivity contribution in [2.24, 2.45) is 7.05 Å². The minimum Gasteiger partial charge on any atom is -0.355 e. The molecule has 1 atom stereocenters. The Labute approximate surface area is 89.3 Å². The molecule has 1 aromatic rings. The van der Waals surface area contributed by atoms with Gasteiger partial charge in [0.2, 0.25) is 5.95 Å². The molecule has 0 bridgehead atoms. The van der Waals surface area contributed by atoms with E-state index >= 15 is 0 Å². The molecule has 3 nitrogen and oxygen atoms in total. The summed E-state index contributed by atoms with van der Waals surface area (Å²) in [7, 11) is 2.03. The number of nitrogens with zero attached hydrogens (tertiary/aromatic N) is 2. The Morgan fingerprint density at radius 3 is 3.14 bits per heavy atom. The van der Waals surface area contributed by atoms with Crippen molar-refractivity contribution in [1.82, 2.24) is 9.55 Å². The van der Waals surface area contributed by atoms with Gasteiger partial charge in [-0.3, -0.25) is 0 Å². The number of aromatic nitrogens is 2. The van der Waals surface area contributed by atoms with E-state index in [1.807, 2.05) is 20.2 Å². The molecular formula is C10H17N3S. The lowest BCUT2D eigenvalue weighted by Crippen LogP contribution is -2.15. The van der Waals surface area contributed by atoms with Crippen LogP contribution in [-0.4, -0.2) is 27.1 Å². The van der Waals surface area contributed by atoms with Crippen molar-refractivity contribution in [2.45, 2.75) is 25.0 Å². The maximum Gasteiger partial charge on any atom is 0.202 e. The number of rotatable bonds is 3.